The fraction of sp³-hybridized carbons (Fsp3) is 1.00. The fourth-order valence-electron chi connectivity index (χ4n) is 0.706. The van der Waals surface area contributed by atoms with E-state index in [2.05, 4.69) is 5.73 Å². The third-order valence-electron chi connectivity index (χ3n) is 1.42. The van der Waals surface area contributed by atoms with Gasteiger partial charge in [-0.3, -0.25) is 0 Å². The van der Waals surface area contributed by atoms with Crippen LogP contribution in [0, 0.1) is 0 Å². The van der Waals surface area contributed by atoms with E-state index in [-0.39, 0.29) is 0 Å². The summed E-state index contributed by atoms with van der Waals surface area (Å²) in [6.07, 6.45) is 1.21. The minimum absolute atomic E-state index is 0.494. The highest BCUT2D eigenvalue weighted by Crippen LogP contribution is 1.99. The first-order chi connectivity index (χ1) is 4.68. The van der Waals surface area contributed by atoms with Gasteiger partial charge in [-0.05, 0) is 19.3 Å². The topological polar surface area (TPSA) is 94.1 Å². The third-order valence-corrected chi connectivity index (χ3v) is 1.42. The summed E-state index contributed by atoms with van der Waals surface area (Å²) in [4.78, 5) is 0. The van der Waals surface area contributed by atoms with Crippen LogP contribution >= 0.6 is 0 Å². The second-order valence-corrected chi connectivity index (χ2v) is 2.43. The van der Waals surface area contributed by atoms with Crippen LogP contribution in [0.3, 0.4) is 0 Å². The van der Waals surface area contributed by atoms with Crippen LogP contribution in [-0.4, -0.2) is 29.1 Å². The molecule has 0 aliphatic heterocycles. The number of hydrogen-bond donors (Lipinski definition) is 4. The SMILES string of the molecule is N[C@@H](CCCC[NH3+])C(O)O. The molecule has 4 heteroatoms. The van der Waals surface area contributed by atoms with Crippen molar-refractivity contribution in [2.45, 2.75) is 31.6 Å². The van der Waals surface area contributed by atoms with Crippen LogP contribution in [0.4, 0.5) is 0 Å². The molecule has 0 aliphatic rings. The molecule has 0 rings (SSSR count). The maximum Gasteiger partial charge on any atom is 0.166 e. The summed E-state index contributed by atoms with van der Waals surface area (Å²) in [5, 5.41) is 17.1. The van der Waals surface area contributed by atoms with Crippen molar-refractivity contribution < 1.29 is 15.9 Å². The zero-order chi connectivity index (χ0) is 7.98. The van der Waals surface area contributed by atoms with Gasteiger partial charge in [-0.1, -0.05) is 0 Å². The van der Waals surface area contributed by atoms with Gasteiger partial charge in [0, 0.05) is 0 Å². The van der Waals surface area contributed by atoms with Gasteiger partial charge in [-0.15, -0.1) is 0 Å². The summed E-state index contributed by atoms with van der Waals surface area (Å²) in [7, 11) is 0. The molecular weight excluding hydrogens is 132 g/mol. The van der Waals surface area contributed by atoms with E-state index in [9.17, 15) is 0 Å². The minimum atomic E-state index is -1.37. The van der Waals surface area contributed by atoms with Gasteiger partial charge in [-0.25, -0.2) is 0 Å². The highest BCUT2D eigenvalue weighted by atomic mass is 16.5. The second-order valence-electron chi connectivity index (χ2n) is 2.43. The van der Waals surface area contributed by atoms with Crippen LogP contribution in [0.15, 0.2) is 0 Å². The van der Waals surface area contributed by atoms with Crippen LogP contribution in [-0.2, 0) is 0 Å². The second kappa shape index (κ2) is 5.61. The molecule has 0 aliphatic carbocycles. The van der Waals surface area contributed by atoms with Gasteiger partial charge in [0.05, 0.1) is 12.6 Å². The van der Waals surface area contributed by atoms with Crippen molar-refractivity contribution in [3.05, 3.63) is 0 Å². The van der Waals surface area contributed by atoms with E-state index in [1.54, 1.807) is 0 Å². The maximum atomic E-state index is 8.54. The largest absolute Gasteiger partial charge is 0.367 e. The fourth-order valence-corrected chi connectivity index (χ4v) is 0.706. The Morgan fingerprint density at radius 3 is 2.30 bits per heavy atom. The van der Waals surface area contributed by atoms with Crippen molar-refractivity contribution in [3.63, 3.8) is 0 Å². The van der Waals surface area contributed by atoms with Crippen LogP contribution in [0.25, 0.3) is 0 Å². The number of hydrogen-bond acceptors (Lipinski definition) is 3. The molecule has 0 fully saturated rings. The van der Waals surface area contributed by atoms with Gasteiger partial charge in [0.15, 0.2) is 6.29 Å². The van der Waals surface area contributed by atoms with E-state index in [0.29, 0.717) is 6.42 Å². The molecule has 4 nitrogen and oxygen atoms in total. The predicted molar refractivity (Wildman–Crippen MR) is 37.8 cm³/mol. The maximum absolute atomic E-state index is 8.54. The number of aliphatic hydroxyl groups excluding tert-OH is 1. The molecule has 0 radical (unpaired) electrons. The van der Waals surface area contributed by atoms with E-state index in [4.69, 9.17) is 15.9 Å². The molecule has 7 N–H and O–H groups in total. The van der Waals surface area contributed by atoms with E-state index in [0.717, 1.165) is 19.4 Å². The molecule has 0 saturated carbocycles. The zero-order valence-electron chi connectivity index (χ0n) is 6.16. The van der Waals surface area contributed by atoms with Gasteiger partial charge in [-0.2, -0.15) is 0 Å². The molecule has 0 unspecified atom stereocenters. The summed E-state index contributed by atoms with van der Waals surface area (Å²) in [6, 6.07) is -0.494. The molecule has 0 saturated heterocycles. The standard InChI is InChI=1S/C6H16N2O2/c7-4-2-1-3-5(8)6(9)10/h5-6,9-10H,1-4,7-8H2/p+1/t5-/m0/s1. The lowest BCUT2D eigenvalue weighted by Crippen LogP contribution is -2.50. The third kappa shape index (κ3) is 4.69. The van der Waals surface area contributed by atoms with Crippen molar-refractivity contribution in [2.75, 3.05) is 6.54 Å². The van der Waals surface area contributed by atoms with Gasteiger partial charge < -0.3 is 21.7 Å². The summed E-state index contributed by atoms with van der Waals surface area (Å²) in [5.41, 5.74) is 9.00. The van der Waals surface area contributed by atoms with Crippen LogP contribution in [0.1, 0.15) is 19.3 Å². The molecule has 10 heavy (non-hydrogen) atoms. The van der Waals surface area contributed by atoms with Gasteiger partial charge in [0.1, 0.15) is 0 Å². The van der Waals surface area contributed by atoms with Gasteiger partial charge in [0.25, 0.3) is 0 Å². The molecule has 0 aromatic heterocycles. The van der Waals surface area contributed by atoms with Crippen molar-refractivity contribution in [1.82, 2.24) is 0 Å². The number of aliphatic hydroxyl groups is 2. The quantitative estimate of drug-likeness (QED) is 0.270. The normalized spacial score (nSPS) is 14.1. The number of quaternary nitrogens is 1. The number of unbranched alkanes of at least 4 members (excludes halogenated alkanes) is 1. The van der Waals surface area contributed by atoms with Gasteiger partial charge in [0.2, 0.25) is 0 Å². The Kier molecular flexibility index (Phi) is 5.52. The summed E-state index contributed by atoms with van der Waals surface area (Å²) >= 11 is 0. The molecule has 0 bridgehead atoms. The Bertz CT molecular complexity index is 78.1. The molecular formula is C6H17N2O2+. The molecule has 0 spiro atoms. The first-order valence-corrected chi connectivity index (χ1v) is 3.59. The lowest BCUT2D eigenvalue weighted by Gasteiger charge is -2.11. The van der Waals surface area contributed by atoms with Crippen molar-refractivity contribution in [2.24, 2.45) is 5.73 Å². The predicted octanol–water partition coefficient (Wildman–Crippen LogP) is -1.96. The average molecular weight is 149 g/mol. The van der Waals surface area contributed by atoms with Crippen molar-refractivity contribution >= 4 is 0 Å². The molecule has 1 atom stereocenters. The highest BCUT2D eigenvalue weighted by Gasteiger charge is 2.09. The minimum Gasteiger partial charge on any atom is -0.367 e. The summed E-state index contributed by atoms with van der Waals surface area (Å²) < 4.78 is 0. The molecule has 0 aromatic rings. The van der Waals surface area contributed by atoms with E-state index < -0.39 is 12.3 Å². The highest BCUT2D eigenvalue weighted by molar-refractivity contribution is 4.61. The molecule has 0 heterocycles. The van der Waals surface area contributed by atoms with E-state index in [1.165, 1.54) is 0 Å². The number of rotatable bonds is 5. The Labute approximate surface area is 60.8 Å². The smallest absolute Gasteiger partial charge is 0.166 e. The van der Waals surface area contributed by atoms with Crippen LogP contribution in [0.5, 0.6) is 0 Å². The summed E-state index contributed by atoms with van der Waals surface area (Å²) in [5.74, 6) is 0. The first kappa shape index (κ1) is 9.84. The summed E-state index contributed by atoms with van der Waals surface area (Å²) in [6.45, 7) is 0.883. The lowest BCUT2D eigenvalue weighted by atomic mass is 10.1. The van der Waals surface area contributed by atoms with E-state index >= 15 is 0 Å². The average Bonchev–Trinajstić information content (AvgIpc) is 1.88. The Morgan fingerprint density at radius 2 is 1.90 bits per heavy atom. The zero-order valence-corrected chi connectivity index (χ0v) is 6.16. The molecule has 0 amide bonds. The first-order valence-electron chi connectivity index (χ1n) is 3.59. The molecule has 0 aromatic carbocycles. The Hall–Kier alpha value is -0.160. The molecule has 62 valence electrons. The van der Waals surface area contributed by atoms with Crippen LogP contribution < -0.4 is 11.5 Å². The monoisotopic (exact) mass is 149 g/mol. The van der Waals surface area contributed by atoms with Crippen molar-refractivity contribution in [1.29, 1.82) is 0 Å². The Balaban J connectivity index is 3.13. The number of nitrogens with two attached hydrogens (primary N) is 1. The van der Waals surface area contributed by atoms with Gasteiger partial charge >= 0.3 is 0 Å². The Morgan fingerprint density at radius 1 is 1.30 bits per heavy atom. The lowest BCUT2D eigenvalue weighted by molar-refractivity contribution is -0.368. The van der Waals surface area contributed by atoms with Crippen LogP contribution in [0.2, 0.25) is 0 Å². The van der Waals surface area contributed by atoms with Crippen molar-refractivity contribution in [3.8, 4) is 0 Å². The van der Waals surface area contributed by atoms with E-state index in [1.807, 2.05) is 0 Å².